The summed E-state index contributed by atoms with van der Waals surface area (Å²) in [5.41, 5.74) is 0.807. The Labute approximate surface area is 93.4 Å². The van der Waals surface area contributed by atoms with Gasteiger partial charge in [0.25, 0.3) is 0 Å². The van der Waals surface area contributed by atoms with Crippen molar-refractivity contribution in [2.75, 3.05) is 13.7 Å². The summed E-state index contributed by atoms with van der Waals surface area (Å²) in [7, 11) is 1.86. The van der Waals surface area contributed by atoms with Gasteiger partial charge in [-0.2, -0.15) is 0 Å². The van der Waals surface area contributed by atoms with Gasteiger partial charge in [0.2, 0.25) is 0 Å². The molecule has 1 aliphatic heterocycles. The van der Waals surface area contributed by atoms with Crippen LogP contribution in [0.3, 0.4) is 0 Å². The van der Waals surface area contributed by atoms with Gasteiger partial charge in [0.05, 0.1) is 11.6 Å². The largest absolute Gasteiger partial charge is 0.491 e. The highest BCUT2D eigenvalue weighted by molar-refractivity contribution is 6.32. The van der Waals surface area contributed by atoms with E-state index in [0.717, 1.165) is 5.56 Å². The van der Waals surface area contributed by atoms with E-state index < -0.39 is 0 Å². The SMILES string of the molecule is CNC1c2cc(F)cc(Cl)c2OCC1C. The fourth-order valence-electron chi connectivity index (χ4n) is 2.02. The topological polar surface area (TPSA) is 21.3 Å². The molecular formula is C11H13ClFNO. The van der Waals surface area contributed by atoms with Crippen molar-refractivity contribution in [2.24, 2.45) is 5.92 Å². The molecule has 0 saturated carbocycles. The average molecular weight is 230 g/mol. The van der Waals surface area contributed by atoms with E-state index in [1.807, 2.05) is 7.05 Å². The zero-order chi connectivity index (χ0) is 11.0. The summed E-state index contributed by atoms with van der Waals surface area (Å²) >= 11 is 5.92. The smallest absolute Gasteiger partial charge is 0.142 e. The van der Waals surface area contributed by atoms with Crippen LogP contribution < -0.4 is 10.1 Å². The summed E-state index contributed by atoms with van der Waals surface area (Å²) in [5.74, 6) is 0.590. The van der Waals surface area contributed by atoms with Gasteiger partial charge in [-0.25, -0.2) is 4.39 Å². The van der Waals surface area contributed by atoms with Crippen molar-refractivity contribution >= 4 is 11.6 Å². The second-order valence-electron chi connectivity index (χ2n) is 3.86. The third-order valence-electron chi connectivity index (χ3n) is 2.74. The normalized spacial score (nSPS) is 24.5. The van der Waals surface area contributed by atoms with Gasteiger partial charge in [-0.15, -0.1) is 0 Å². The third kappa shape index (κ3) is 1.82. The third-order valence-corrected chi connectivity index (χ3v) is 3.02. The molecule has 4 heteroatoms. The minimum atomic E-state index is -0.322. The van der Waals surface area contributed by atoms with E-state index in [-0.39, 0.29) is 11.9 Å². The molecule has 2 rings (SSSR count). The molecule has 82 valence electrons. The Morgan fingerprint density at radius 2 is 2.27 bits per heavy atom. The Morgan fingerprint density at radius 3 is 2.93 bits per heavy atom. The van der Waals surface area contributed by atoms with Crippen LogP contribution in [0.25, 0.3) is 0 Å². The van der Waals surface area contributed by atoms with Gasteiger partial charge in [-0.3, -0.25) is 0 Å². The lowest BCUT2D eigenvalue weighted by molar-refractivity contribution is 0.193. The molecular weight excluding hydrogens is 217 g/mol. The number of halogens is 2. The lowest BCUT2D eigenvalue weighted by Gasteiger charge is -2.31. The van der Waals surface area contributed by atoms with E-state index in [2.05, 4.69) is 12.2 Å². The molecule has 1 N–H and O–H groups in total. The molecule has 1 aromatic rings. The molecule has 1 heterocycles. The molecule has 0 aromatic heterocycles. The fraction of sp³-hybridized carbons (Fsp3) is 0.455. The van der Waals surface area contributed by atoms with Crippen molar-refractivity contribution in [3.63, 3.8) is 0 Å². The van der Waals surface area contributed by atoms with Crippen LogP contribution in [0.1, 0.15) is 18.5 Å². The summed E-state index contributed by atoms with van der Waals surface area (Å²) in [6, 6.07) is 2.86. The van der Waals surface area contributed by atoms with E-state index >= 15 is 0 Å². The van der Waals surface area contributed by atoms with Crippen LogP contribution in [0.2, 0.25) is 5.02 Å². The van der Waals surface area contributed by atoms with E-state index in [1.165, 1.54) is 12.1 Å². The van der Waals surface area contributed by atoms with E-state index in [4.69, 9.17) is 16.3 Å². The Kier molecular flexibility index (Phi) is 2.85. The van der Waals surface area contributed by atoms with Gasteiger partial charge in [0, 0.05) is 17.5 Å². The van der Waals surface area contributed by atoms with E-state index in [0.29, 0.717) is 23.3 Å². The maximum absolute atomic E-state index is 13.2. The number of ether oxygens (including phenoxy) is 1. The molecule has 0 bridgehead atoms. The van der Waals surface area contributed by atoms with Gasteiger partial charge in [0.1, 0.15) is 11.6 Å². The predicted octanol–water partition coefficient (Wildman–Crippen LogP) is 2.77. The van der Waals surface area contributed by atoms with Crippen LogP contribution >= 0.6 is 11.6 Å². The molecule has 15 heavy (non-hydrogen) atoms. The maximum atomic E-state index is 13.2. The monoisotopic (exact) mass is 229 g/mol. The highest BCUT2D eigenvalue weighted by Crippen LogP contribution is 2.40. The van der Waals surface area contributed by atoms with Crippen LogP contribution in [0.5, 0.6) is 5.75 Å². The Morgan fingerprint density at radius 1 is 1.53 bits per heavy atom. The molecule has 1 aromatic carbocycles. The summed E-state index contributed by atoms with van der Waals surface area (Å²) in [6.07, 6.45) is 0. The van der Waals surface area contributed by atoms with Crippen LogP contribution in [0, 0.1) is 11.7 Å². The van der Waals surface area contributed by atoms with Crippen LogP contribution in [-0.2, 0) is 0 Å². The Hall–Kier alpha value is -0.800. The van der Waals surface area contributed by atoms with E-state index in [9.17, 15) is 4.39 Å². The molecule has 0 amide bonds. The summed E-state index contributed by atoms with van der Waals surface area (Å²) in [5, 5.41) is 3.50. The first-order valence-corrected chi connectivity index (χ1v) is 5.30. The van der Waals surface area contributed by atoms with Crippen molar-refractivity contribution in [1.82, 2.24) is 5.32 Å². The van der Waals surface area contributed by atoms with Gasteiger partial charge >= 0.3 is 0 Å². The lowest BCUT2D eigenvalue weighted by atomic mass is 9.92. The lowest BCUT2D eigenvalue weighted by Crippen LogP contribution is -2.32. The van der Waals surface area contributed by atoms with Gasteiger partial charge in [-0.1, -0.05) is 18.5 Å². The quantitative estimate of drug-likeness (QED) is 0.800. The first kappa shape index (κ1) is 10.7. The minimum Gasteiger partial charge on any atom is -0.491 e. The van der Waals surface area contributed by atoms with Crippen LogP contribution in [0.4, 0.5) is 4.39 Å². The highest BCUT2D eigenvalue weighted by atomic mass is 35.5. The molecule has 0 saturated heterocycles. The Bertz CT molecular complexity index is 383. The number of nitrogens with one attached hydrogen (secondary N) is 1. The standard InChI is InChI=1S/C11H13ClFNO/c1-6-5-15-11-8(10(6)14-2)3-7(13)4-9(11)12/h3-4,6,10,14H,5H2,1-2H3. The second-order valence-corrected chi connectivity index (χ2v) is 4.27. The average Bonchev–Trinajstić information content (AvgIpc) is 2.17. The van der Waals surface area contributed by atoms with Gasteiger partial charge in [-0.05, 0) is 19.2 Å². The highest BCUT2D eigenvalue weighted by Gasteiger charge is 2.28. The predicted molar refractivity (Wildman–Crippen MR) is 57.9 cm³/mol. The zero-order valence-electron chi connectivity index (χ0n) is 8.68. The molecule has 0 fully saturated rings. The van der Waals surface area contributed by atoms with Crippen molar-refractivity contribution in [3.05, 3.63) is 28.5 Å². The number of hydrogen-bond acceptors (Lipinski definition) is 2. The number of rotatable bonds is 1. The Balaban J connectivity index is 2.52. The van der Waals surface area contributed by atoms with Crippen LogP contribution in [0.15, 0.2) is 12.1 Å². The molecule has 0 aliphatic carbocycles. The maximum Gasteiger partial charge on any atom is 0.142 e. The van der Waals surface area contributed by atoms with E-state index in [1.54, 1.807) is 0 Å². The van der Waals surface area contributed by atoms with Crippen molar-refractivity contribution in [2.45, 2.75) is 13.0 Å². The summed E-state index contributed by atoms with van der Waals surface area (Å²) in [4.78, 5) is 0. The molecule has 0 spiro atoms. The molecule has 0 radical (unpaired) electrons. The van der Waals surface area contributed by atoms with Crippen molar-refractivity contribution in [1.29, 1.82) is 0 Å². The van der Waals surface area contributed by atoms with Gasteiger partial charge in [0.15, 0.2) is 0 Å². The molecule has 1 aliphatic rings. The molecule has 2 nitrogen and oxygen atoms in total. The minimum absolute atomic E-state index is 0.0990. The van der Waals surface area contributed by atoms with Gasteiger partial charge < -0.3 is 10.1 Å². The molecule has 2 atom stereocenters. The first-order chi connectivity index (χ1) is 7.13. The number of hydrogen-bond donors (Lipinski definition) is 1. The van der Waals surface area contributed by atoms with Crippen LogP contribution in [-0.4, -0.2) is 13.7 Å². The number of benzene rings is 1. The van der Waals surface area contributed by atoms with Crippen molar-refractivity contribution < 1.29 is 9.13 Å². The first-order valence-electron chi connectivity index (χ1n) is 4.92. The summed E-state index contributed by atoms with van der Waals surface area (Å²) < 4.78 is 18.7. The summed E-state index contributed by atoms with van der Waals surface area (Å²) in [6.45, 7) is 2.66. The fourth-order valence-corrected chi connectivity index (χ4v) is 2.29. The number of fused-ring (bicyclic) bond motifs is 1. The zero-order valence-corrected chi connectivity index (χ0v) is 9.44. The van der Waals surface area contributed by atoms with Crippen molar-refractivity contribution in [3.8, 4) is 5.75 Å². The molecule has 2 unspecified atom stereocenters. The second kappa shape index (κ2) is 3.99.